The van der Waals surface area contributed by atoms with Gasteiger partial charge in [-0.25, -0.2) is 0 Å². The van der Waals surface area contributed by atoms with Gasteiger partial charge in [0.1, 0.15) is 0 Å². The van der Waals surface area contributed by atoms with E-state index in [2.05, 4.69) is 66.9 Å². The number of aryl methyl sites for hydroxylation is 1. The van der Waals surface area contributed by atoms with Crippen LogP contribution in [-0.2, 0) is 0 Å². The lowest BCUT2D eigenvalue weighted by Crippen LogP contribution is -2.35. The van der Waals surface area contributed by atoms with Gasteiger partial charge in [-0.3, -0.25) is 0 Å². The molecule has 0 aromatic heterocycles. The molecule has 1 nitrogen and oxygen atoms in total. The molecule has 3 unspecified atom stereocenters. The molecule has 0 saturated heterocycles. The molecular weight excluding hydrogens is 285 g/mol. The summed E-state index contributed by atoms with van der Waals surface area (Å²) in [6.45, 7) is 6.75. The molecule has 1 heterocycles. The average molecular weight is 301 g/mol. The SMILES string of the molecule is Cc1ccc2c(c1)C(C)C(I)C(C)N2. The fourth-order valence-electron chi connectivity index (χ4n) is 2.12. The highest BCUT2D eigenvalue weighted by molar-refractivity contribution is 14.1. The summed E-state index contributed by atoms with van der Waals surface area (Å²) in [6, 6.07) is 7.27. The summed E-state index contributed by atoms with van der Waals surface area (Å²) >= 11 is 2.55. The average Bonchev–Trinajstić information content (AvgIpc) is 2.16. The molecule has 0 fully saturated rings. The Morgan fingerprint density at radius 2 is 2.00 bits per heavy atom. The first-order chi connectivity index (χ1) is 6.59. The third-order valence-corrected chi connectivity index (χ3v) is 5.19. The largest absolute Gasteiger partial charge is 0.381 e. The molecule has 0 bridgehead atoms. The zero-order chi connectivity index (χ0) is 10.3. The van der Waals surface area contributed by atoms with E-state index in [-0.39, 0.29) is 0 Å². The molecule has 2 rings (SSSR count). The second-order valence-corrected chi connectivity index (χ2v) is 5.70. The molecule has 1 aliphatic heterocycles. The number of nitrogens with one attached hydrogen (secondary N) is 1. The molecule has 1 aromatic carbocycles. The first-order valence-electron chi connectivity index (χ1n) is 5.10. The van der Waals surface area contributed by atoms with Crippen molar-refractivity contribution in [3.05, 3.63) is 29.3 Å². The maximum Gasteiger partial charge on any atom is 0.0378 e. The van der Waals surface area contributed by atoms with Crippen LogP contribution in [0.2, 0.25) is 0 Å². The van der Waals surface area contributed by atoms with Gasteiger partial charge in [-0.1, -0.05) is 47.2 Å². The maximum absolute atomic E-state index is 3.56. The van der Waals surface area contributed by atoms with Crippen molar-refractivity contribution in [1.29, 1.82) is 0 Å². The highest BCUT2D eigenvalue weighted by atomic mass is 127. The molecule has 1 N–H and O–H groups in total. The van der Waals surface area contributed by atoms with Crippen molar-refractivity contribution in [2.24, 2.45) is 0 Å². The van der Waals surface area contributed by atoms with Gasteiger partial charge in [-0.15, -0.1) is 0 Å². The summed E-state index contributed by atoms with van der Waals surface area (Å²) in [7, 11) is 0. The number of alkyl halides is 1. The lowest BCUT2D eigenvalue weighted by molar-refractivity contribution is 0.627. The van der Waals surface area contributed by atoms with Gasteiger partial charge in [-0.05, 0) is 31.4 Å². The highest BCUT2D eigenvalue weighted by Crippen LogP contribution is 2.38. The quantitative estimate of drug-likeness (QED) is 0.569. The van der Waals surface area contributed by atoms with E-state index < -0.39 is 0 Å². The molecule has 2 heteroatoms. The fourth-order valence-corrected chi connectivity index (χ4v) is 2.69. The maximum atomic E-state index is 3.56. The Hall–Kier alpha value is -0.250. The third-order valence-electron chi connectivity index (χ3n) is 3.04. The lowest BCUT2D eigenvalue weighted by Gasteiger charge is -2.34. The molecular formula is C12H16IN. The van der Waals surface area contributed by atoms with Gasteiger partial charge < -0.3 is 5.32 Å². The molecule has 0 amide bonds. The van der Waals surface area contributed by atoms with Crippen molar-refractivity contribution >= 4 is 28.3 Å². The van der Waals surface area contributed by atoms with Gasteiger partial charge in [0.2, 0.25) is 0 Å². The van der Waals surface area contributed by atoms with Crippen LogP contribution in [0.3, 0.4) is 0 Å². The molecule has 0 saturated carbocycles. The first-order valence-corrected chi connectivity index (χ1v) is 6.35. The summed E-state index contributed by atoms with van der Waals surface area (Å²) in [5, 5.41) is 3.56. The molecule has 14 heavy (non-hydrogen) atoms. The predicted octanol–water partition coefficient (Wildman–Crippen LogP) is 3.72. The predicted molar refractivity (Wildman–Crippen MR) is 70.5 cm³/mol. The zero-order valence-corrected chi connectivity index (χ0v) is 11.0. The molecule has 3 atom stereocenters. The third kappa shape index (κ3) is 1.64. The van der Waals surface area contributed by atoms with Crippen LogP contribution in [-0.4, -0.2) is 9.97 Å². The number of fused-ring (bicyclic) bond motifs is 1. The normalized spacial score (nSPS) is 30.7. The zero-order valence-electron chi connectivity index (χ0n) is 8.84. The number of rotatable bonds is 0. The highest BCUT2D eigenvalue weighted by Gasteiger charge is 2.28. The van der Waals surface area contributed by atoms with Gasteiger partial charge in [0.05, 0.1) is 0 Å². The Morgan fingerprint density at radius 3 is 2.71 bits per heavy atom. The van der Waals surface area contributed by atoms with E-state index >= 15 is 0 Å². The van der Waals surface area contributed by atoms with Gasteiger partial charge in [0.25, 0.3) is 0 Å². The van der Waals surface area contributed by atoms with E-state index in [0.29, 0.717) is 15.9 Å². The van der Waals surface area contributed by atoms with Crippen molar-refractivity contribution in [2.75, 3.05) is 5.32 Å². The number of halogens is 1. The van der Waals surface area contributed by atoms with Crippen LogP contribution in [0.25, 0.3) is 0 Å². The van der Waals surface area contributed by atoms with Crippen LogP contribution in [0.5, 0.6) is 0 Å². The minimum Gasteiger partial charge on any atom is -0.381 e. The minimum atomic E-state index is 0.570. The molecule has 1 aromatic rings. The Balaban J connectivity index is 2.46. The summed E-state index contributed by atoms with van der Waals surface area (Å²) in [4.78, 5) is 0. The van der Waals surface area contributed by atoms with Gasteiger partial charge in [-0.2, -0.15) is 0 Å². The van der Waals surface area contributed by atoms with Gasteiger partial charge in [0, 0.05) is 15.7 Å². The topological polar surface area (TPSA) is 12.0 Å². The molecule has 0 spiro atoms. The Kier molecular flexibility index (Phi) is 2.73. The van der Waals surface area contributed by atoms with E-state index in [1.165, 1.54) is 16.8 Å². The Morgan fingerprint density at radius 1 is 1.29 bits per heavy atom. The van der Waals surface area contributed by atoms with Crippen LogP contribution in [0, 0.1) is 6.92 Å². The van der Waals surface area contributed by atoms with Crippen LogP contribution in [0.15, 0.2) is 18.2 Å². The van der Waals surface area contributed by atoms with E-state index in [9.17, 15) is 0 Å². The second kappa shape index (κ2) is 3.72. The van der Waals surface area contributed by atoms with Crippen molar-refractivity contribution < 1.29 is 0 Å². The standard InChI is InChI=1S/C12H16IN/c1-7-4-5-11-10(6-7)8(2)12(13)9(3)14-11/h4-6,8-9,12,14H,1-3H3. The Bertz CT molecular complexity index is 348. The first kappa shape index (κ1) is 10.3. The van der Waals surface area contributed by atoms with Crippen LogP contribution >= 0.6 is 22.6 Å². The second-order valence-electron chi connectivity index (χ2n) is 4.26. The van der Waals surface area contributed by atoms with Crippen molar-refractivity contribution in [1.82, 2.24) is 0 Å². The number of anilines is 1. The summed E-state index contributed by atoms with van der Waals surface area (Å²) in [5.41, 5.74) is 4.15. The van der Waals surface area contributed by atoms with Gasteiger partial charge >= 0.3 is 0 Å². The van der Waals surface area contributed by atoms with Gasteiger partial charge in [0.15, 0.2) is 0 Å². The van der Waals surface area contributed by atoms with E-state index in [1.807, 2.05) is 0 Å². The number of hydrogen-bond donors (Lipinski definition) is 1. The van der Waals surface area contributed by atoms with Crippen molar-refractivity contribution in [3.63, 3.8) is 0 Å². The Labute approximate surface area is 99.4 Å². The minimum absolute atomic E-state index is 0.570. The van der Waals surface area contributed by atoms with Crippen molar-refractivity contribution in [2.45, 2.75) is 36.7 Å². The number of hydrogen-bond acceptors (Lipinski definition) is 1. The van der Waals surface area contributed by atoms with E-state index in [1.54, 1.807) is 0 Å². The van der Waals surface area contributed by atoms with Crippen LogP contribution in [0.4, 0.5) is 5.69 Å². The smallest absolute Gasteiger partial charge is 0.0378 e. The van der Waals surface area contributed by atoms with E-state index in [0.717, 1.165) is 0 Å². The fraction of sp³-hybridized carbons (Fsp3) is 0.500. The lowest BCUT2D eigenvalue weighted by atomic mass is 9.88. The molecule has 1 aliphatic rings. The number of benzene rings is 1. The van der Waals surface area contributed by atoms with Crippen molar-refractivity contribution in [3.8, 4) is 0 Å². The monoisotopic (exact) mass is 301 g/mol. The van der Waals surface area contributed by atoms with Crippen LogP contribution in [0.1, 0.15) is 30.9 Å². The molecule has 76 valence electrons. The van der Waals surface area contributed by atoms with Crippen LogP contribution < -0.4 is 5.32 Å². The summed E-state index contributed by atoms with van der Waals surface area (Å²) in [5.74, 6) is 0.654. The van der Waals surface area contributed by atoms with E-state index in [4.69, 9.17) is 0 Å². The molecule has 0 radical (unpaired) electrons. The summed E-state index contributed by atoms with van der Waals surface area (Å²) < 4.78 is 0.682. The molecule has 0 aliphatic carbocycles. The summed E-state index contributed by atoms with van der Waals surface area (Å²) in [6.07, 6.45) is 0.